The van der Waals surface area contributed by atoms with Gasteiger partial charge in [-0.05, 0) is 39.9 Å². The third-order valence-corrected chi connectivity index (χ3v) is 3.74. The Morgan fingerprint density at radius 3 is 2.79 bits per heavy atom. The van der Waals surface area contributed by atoms with Gasteiger partial charge >= 0.3 is 0 Å². The minimum atomic E-state index is -0.146. The summed E-state index contributed by atoms with van der Waals surface area (Å²) in [6.07, 6.45) is 4.37. The van der Waals surface area contributed by atoms with Gasteiger partial charge in [-0.2, -0.15) is 0 Å². The van der Waals surface area contributed by atoms with E-state index < -0.39 is 0 Å². The first-order chi connectivity index (χ1) is 9.04. The highest BCUT2D eigenvalue weighted by atomic mass is 79.9. The summed E-state index contributed by atoms with van der Waals surface area (Å²) in [5.41, 5.74) is 2.64. The molecule has 0 bridgehead atoms. The van der Waals surface area contributed by atoms with Crippen LogP contribution in [-0.4, -0.2) is 15.0 Å². The Morgan fingerprint density at radius 1 is 1.42 bits per heavy atom. The predicted octanol–water partition coefficient (Wildman–Crippen LogP) is 3.28. The number of aryl methyl sites for hydroxylation is 1. The molecule has 2 aromatic rings. The highest BCUT2D eigenvalue weighted by molar-refractivity contribution is 9.10. The van der Waals surface area contributed by atoms with Gasteiger partial charge in [-0.25, -0.2) is 4.98 Å². The van der Waals surface area contributed by atoms with Crippen molar-refractivity contribution in [3.63, 3.8) is 0 Å². The fourth-order valence-electron chi connectivity index (χ4n) is 1.93. The van der Waals surface area contributed by atoms with Crippen molar-refractivity contribution >= 4 is 15.9 Å². The number of rotatable bonds is 3. The summed E-state index contributed by atoms with van der Waals surface area (Å²) in [5.74, 6) is 0.790. The van der Waals surface area contributed by atoms with Crippen LogP contribution in [0.1, 0.15) is 37.9 Å². The van der Waals surface area contributed by atoms with Gasteiger partial charge in [-0.1, -0.05) is 20.8 Å². The Morgan fingerprint density at radius 2 is 2.16 bits per heavy atom. The number of nitrogens with one attached hydrogen (secondary N) is 1. The molecule has 0 aliphatic heterocycles. The SMILES string of the molecule is CCc1cnccc1-c1nc(C(C)C)c(Br)c(=O)[nH]1. The lowest BCUT2D eigenvalue weighted by Gasteiger charge is -2.11. The summed E-state index contributed by atoms with van der Waals surface area (Å²) in [7, 11) is 0. The van der Waals surface area contributed by atoms with Gasteiger partial charge in [0.25, 0.3) is 5.56 Å². The molecular weight excluding hydrogens is 306 g/mol. The molecule has 0 aliphatic rings. The fourth-order valence-corrected chi connectivity index (χ4v) is 2.57. The molecule has 2 heterocycles. The van der Waals surface area contributed by atoms with Crippen LogP contribution in [0.2, 0.25) is 0 Å². The van der Waals surface area contributed by atoms with Gasteiger partial charge in [-0.15, -0.1) is 0 Å². The van der Waals surface area contributed by atoms with Crippen molar-refractivity contribution in [1.29, 1.82) is 0 Å². The number of aromatic amines is 1. The second-order valence-corrected chi connectivity index (χ2v) is 5.45. The van der Waals surface area contributed by atoms with E-state index in [9.17, 15) is 4.79 Å². The van der Waals surface area contributed by atoms with Gasteiger partial charge in [0.1, 0.15) is 10.3 Å². The molecular formula is C14H16BrN3O. The maximum atomic E-state index is 12.0. The monoisotopic (exact) mass is 321 g/mol. The van der Waals surface area contributed by atoms with Crippen molar-refractivity contribution in [2.24, 2.45) is 0 Å². The topological polar surface area (TPSA) is 58.6 Å². The molecule has 0 amide bonds. The van der Waals surface area contributed by atoms with Crippen LogP contribution in [-0.2, 0) is 6.42 Å². The molecule has 0 spiro atoms. The van der Waals surface area contributed by atoms with E-state index in [0.29, 0.717) is 10.3 Å². The summed E-state index contributed by atoms with van der Waals surface area (Å²) in [6.45, 7) is 6.09. The van der Waals surface area contributed by atoms with Crippen molar-refractivity contribution in [3.05, 3.63) is 44.5 Å². The number of hydrogen-bond donors (Lipinski definition) is 1. The Kier molecular flexibility index (Phi) is 4.14. The smallest absolute Gasteiger partial charge is 0.265 e. The summed E-state index contributed by atoms with van der Waals surface area (Å²) in [6, 6.07) is 1.88. The molecule has 19 heavy (non-hydrogen) atoms. The Balaban J connectivity index is 2.67. The molecule has 5 heteroatoms. The molecule has 4 nitrogen and oxygen atoms in total. The van der Waals surface area contributed by atoms with Crippen molar-refractivity contribution < 1.29 is 0 Å². The minimum absolute atomic E-state index is 0.146. The van der Waals surface area contributed by atoms with Crippen LogP contribution >= 0.6 is 15.9 Å². The lowest BCUT2D eigenvalue weighted by atomic mass is 10.1. The number of hydrogen-bond acceptors (Lipinski definition) is 3. The lowest BCUT2D eigenvalue weighted by Crippen LogP contribution is -2.15. The van der Waals surface area contributed by atoms with Gasteiger partial charge in [0.05, 0.1) is 5.69 Å². The van der Waals surface area contributed by atoms with Gasteiger partial charge < -0.3 is 4.98 Å². The Bertz CT molecular complexity index is 649. The molecule has 0 atom stereocenters. The zero-order valence-corrected chi connectivity index (χ0v) is 12.8. The van der Waals surface area contributed by atoms with Crippen molar-refractivity contribution in [3.8, 4) is 11.4 Å². The van der Waals surface area contributed by atoms with E-state index in [1.807, 2.05) is 26.1 Å². The Labute approximate surface area is 120 Å². The standard InChI is InChI=1S/C14H16BrN3O/c1-4-9-7-16-6-5-10(9)13-17-12(8(2)3)11(15)14(19)18-13/h5-8H,4H2,1-3H3,(H,17,18,19). The maximum absolute atomic E-state index is 12.0. The molecule has 0 aromatic carbocycles. The van der Waals surface area contributed by atoms with Crippen molar-refractivity contribution in [2.45, 2.75) is 33.1 Å². The van der Waals surface area contributed by atoms with Gasteiger partial charge in [-0.3, -0.25) is 9.78 Å². The van der Waals surface area contributed by atoms with Gasteiger partial charge in [0, 0.05) is 18.0 Å². The normalized spacial score (nSPS) is 11.0. The molecule has 0 unspecified atom stereocenters. The van der Waals surface area contributed by atoms with E-state index >= 15 is 0 Å². The Hall–Kier alpha value is -1.49. The predicted molar refractivity (Wildman–Crippen MR) is 79.3 cm³/mol. The quantitative estimate of drug-likeness (QED) is 0.943. The zero-order valence-electron chi connectivity index (χ0n) is 11.2. The van der Waals surface area contributed by atoms with Crippen molar-refractivity contribution in [2.75, 3.05) is 0 Å². The third-order valence-electron chi connectivity index (χ3n) is 2.97. The number of aromatic nitrogens is 3. The van der Waals surface area contributed by atoms with E-state index in [0.717, 1.165) is 23.2 Å². The first kappa shape index (κ1) is 13.9. The summed E-state index contributed by atoms with van der Waals surface area (Å²) >= 11 is 3.30. The van der Waals surface area contributed by atoms with Crippen LogP contribution in [0.15, 0.2) is 27.7 Å². The molecule has 1 N–H and O–H groups in total. The average molecular weight is 322 g/mol. The van der Waals surface area contributed by atoms with Gasteiger partial charge in [0.2, 0.25) is 0 Å². The van der Waals surface area contributed by atoms with Crippen LogP contribution in [0, 0.1) is 0 Å². The van der Waals surface area contributed by atoms with Gasteiger partial charge in [0.15, 0.2) is 0 Å². The molecule has 0 saturated carbocycles. The second-order valence-electron chi connectivity index (χ2n) is 4.65. The number of nitrogens with zero attached hydrogens (tertiary/aromatic N) is 2. The third kappa shape index (κ3) is 2.76. The van der Waals surface area contributed by atoms with E-state index in [2.05, 4.69) is 37.8 Å². The molecule has 0 saturated heterocycles. The fraction of sp³-hybridized carbons (Fsp3) is 0.357. The number of H-pyrrole nitrogens is 1. The van der Waals surface area contributed by atoms with E-state index in [4.69, 9.17) is 0 Å². The van der Waals surface area contributed by atoms with Crippen molar-refractivity contribution in [1.82, 2.24) is 15.0 Å². The van der Waals surface area contributed by atoms with Crippen LogP contribution in [0.5, 0.6) is 0 Å². The largest absolute Gasteiger partial charge is 0.306 e. The maximum Gasteiger partial charge on any atom is 0.265 e. The second kappa shape index (κ2) is 5.65. The summed E-state index contributed by atoms with van der Waals surface area (Å²) in [5, 5.41) is 0. The molecule has 2 aromatic heterocycles. The zero-order chi connectivity index (χ0) is 14.0. The first-order valence-corrected chi connectivity index (χ1v) is 7.06. The number of pyridine rings is 1. The first-order valence-electron chi connectivity index (χ1n) is 6.27. The molecule has 0 radical (unpaired) electrons. The average Bonchev–Trinajstić information content (AvgIpc) is 2.41. The van der Waals surface area contributed by atoms with E-state index in [-0.39, 0.29) is 11.5 Å². The highest BCUT2D eigenvalue weighted by Gasteiger charge is 2.14. The summed E-state index contributed by atoms with van der Waals surface area (Å²) < 4.78 is 0.512. The van der Waals surface area contributed by atoms with Crippen LogP contribution in [0.25, 0.3) is 11.4 Å². The molecule has 100 valence electrons. The van der Waals surface area contributed by atoms with Crippen LogP contribution in [0.4, 0.5) is 0 Å². The molecule has 0 aliphatic carbocycles. The molecule has 2 rings (SSSR count). The minimum Gasteiger partial charge on any atom is -0.306 e. The van der Waals surface area contributed by atoms with E-state index in [1.165, 1.54) is 0 Å². The number of halogens is 1. The highest BCUT2D eigenvalue weighted by Crippen LogP contribution is 2.24. The van der Waals surface area contributed by atoms with Crippen LogP contribution < -0.4 is 5.56 Å². The summed E-state index contributed by atoms with van der Waals surface area (Å²) in [4.78, 5) is 23.5. The van der Waals surface area contributed by atoms with E-state index in [1.54, 1.807) is 6.20 Å². The van der Waals surface area contributed by atoms with Crippen LogP contribution in [0.3, 0.4) is 0 Å². The molecule has 0 fully saturated rings. The lowest BCUT2D eigenvalue weighted by molar-refractivity contribution is 0.803.